The van der Waals surface area contributed by atoms with Crippen LogP contribution >= 0.6 is 11.6 Å². The van der Waals surface area contributed by atoms with E-state index in [1.807, 2.05) is 0 Å². The summed E-state index contributed by atoms with van der Waals surface area (Å²) in [6.07, 6.45) is 1.36. The second-order valence-corrected chi connectivity index (χ2v) is 5.20. The fourth-order valence-electron chi connectivity index (χ4n) is 1.35. The molecule has 0 unspecified atom stereocenters. The fraction of sp³-hybridized carbons (Fsp3) is 0.357. The number of likely N-dealkylation sites (N-methyl/N-ethyl adjacent to an activating group) is 1. The number of ether oxygens (including phenoxy) is 1. The Balaban J connectivity index is 2.28. The quantitative estimate of drug-likeness (QED) is 0.618. The first-order chi connectivity index (χ1) is 11.3. The Morgan fingerprint density at radius 2 is 1.92 bits per heavy atom. The lowest BCUT2D eigenvalue weighted by atomic mass is 10.3. The number of carbonyl (C=O) groups is 4. The van der Waals surface area contributed by atoms with Crippen LogP contribution in [0.25, 0.3) is 0 Å². The topological polar surface area (TPSA) is 118 Å². The first kappa shape index (κ1) is 19.4. The molecule has 1 rings (SSSR count). The molecule has 0 saturated heterocycles. The molecule has 9 nitrogen and oxygen atoms in total. The van der Waals surface area contributed by atoms with Crippen molar-refractivity contribution in [1.29, 1.82) is 0 Å². The zero-order valence-electron chi connectivity index (χ0n) is 13.2. The number of pyridine rings is 1. The van der Waals surface area contributed by atoms with E-state index in [1.165, 1.54) is 23.2 Å². The number of carbonyl (C=O) groups excluding carboxylic acids is 4. The Hall–Kier alpha value is -2.68. The van der Waals surface area contributed by atoms with Crippen LogP contribution in [0.4, 0.5) is 0 Å². The highest BCUT2D eigenvalue weighted by Crippen LogP contribution is 2.07. The Labute approximate surface area is 143 Å². The van der Waals surface area contributed by atoms with Crippen molar-refractivity contribution in [3.05, 3.63) is 29.0 Å². The summed E-state index contributed by atoms with van der Waals surface area (Å²) in [5.74, 6) is -2.33. The van der Waals surface area contributed by atoms with Gasteiger partial charge in [-0.1, -0.05) is 11.6 Å². The summed E-state index contributed by atoms with van der Waals surface area (Å²) in [5.41, 5.74) is 0.0511. The van der Waals surface area contributed by atoms with Gasteiger partial charge in [0, 0.05) is 25.3 Å². The second-order valence-electron chi connectivity index (χ2n) is 4.77. The summed E-state index contributed by atoms with van der Waals surface area (Å²) in [6, 6.07) is 2.85. The Morgan fingerprint density at radius 3 is 2.54 bits per heavy atom. The highest BCUT2D eigenvalue weighted by atomic mass is 35.5. The largest absolute Gasteiger partial charge is 0.454 e. The van der Waals surface area contributed by atoms with E-state index in [9.17, 15) is 19.2 Å². The molecule has 2 N–H and O–H groups in total. The van der Waals surface area contributed by atoms with Crippen LogP contribution in [0.1, 0.15) is 10.5 Å². The number of esters is 1. The number of nitrogens with zero attached hydrogens (tertiary/aromatic N) is 2. The molecule has 1 aromatic heterocycles. The van der Waals surface area contributed by atoms with E-state index in [0.29, 0.717) is 5.02 Å². The molecule has 3 amide bonds. The first-order valence-electron chi connectivity index (χ1n) is 6.82. The van der Waals surface area contributed by atoms with Gasteiger partial charge in [0.05, 0.1) is 6.54 Å². The molecular weight excluding hydrogens is 340 g/mol. The van der Waals surface area contributed by atoms with Crippen LogP contribution < -0.4 is 10.6 Å². The average Bonchev–Trinajstić information content (AvgIpc) is 2.55. The number of nitrogens with one attached hydrogen (secondary N) is 2. The van der Waals surface area contributed by atoms with E-state index in [0.717, 1.165) is 0 Å². The molecule has 130 valence electrons. The number of amides is 3. The summed E-state index contributed by atoms with van der Waals surface area (Å²) < 4.78 is 4.67. The van der Waals surface area contributed by atoms with Crippen LogP contribution in [0.5, 0.6) is 0 Å². The zero-order valence-corrected chi connectivity index (χ0v) is 13.9. The molecule has 0 aromatic carbocycles. The van der Waals surface area contributed by atoms with Gasteiger partial charge < -0.3 is 20.3 Å². The Bertz CT molecular complexity index is 635. The van der Waals surface area contributed by atoms with Gasteiger partial charge in [0.1, 0.15) is 12.2 Å². The molecule has 0 atom stereocenters. The Kier molecular flexibility index (Phi) is 7.63. The first-order valence-corrected chi connectivity index (χ1v) is 7.19. The second kappa shape index (κ2) is 9.46. The van der Waals surface area contributed by atoms with Gasteiger partial charge in [-0.05, 0) is 12.1 Å². The van der Waals surface area contributed by atoms with Gasteiger partial charge >= 0.3 is 5.97 Å². The van der Waals surface area contributed by atoms with E-state index in [2.05, 4.69) is 20.4 Å². The van der Waals surface area contributed by atoms with Crippen molar-refractivity contribution < 1.29 is 23.9 Å². The average molecular weight is 357 g/mol. The third kappa shape index (κ3) is 7.05. The number of halogens is 1. The van der Waals surface area contributed by atoms with Gasteiger partial charge in [0.2, 0.25) is 5.91 Å². The molecule has 0 bridgehead atoms. The molecular formula is C14H17ClN4O5. The van der Waals surface area contributed by atoms with Crippen molar-refractivity contribution in [2.75, 3.05) is 33.8 Å². The molecule has 0 aliphatic rings. The monoisotopic (exact) mass is 356 g/mol. The minimum absolute atomic E-state index is 0.0511. The molecule has 0 aliphatic carbocycles. The van der Waals surface area contributed by atoms with Crippen LogP contribution in [0.2, 0.25) is 5.02 Å². The predicted octanol–water partition coefficient (Wildman–Crippen LogP) is -0.788. The van der Waals surface area contributed by atoms with Gasteiger partial charge in [0.15, 0.2) is 6.61 Å². The molecule has 0 spiro atoms. The summed E-state index contributed by atoms with van der Waals surface area (Å²) >= 11 is 5.72. The molecule has 0 radical (unpaired) electrons. The van der Waals surface area contributed by atoms with Crippen LogP contribution in [-0.2, 0) is 19.1 Å². The molecule has 10 heteroatoms. The van der Waals surface area contributed by atoms with E-state index < -0.39 is 30.9 Å². The van der Waals surface area contributed by atoms with Gasteiger partial charge in [-0.2, -0.15) is 0 Å². The summed E-state index contributed by atoms with van der Waals surface area (Å²) in [7, 11) is 3.10. The Morgan fingerprint density at radius 1 is 1.21 bits per heavy atom. The van der Waals surface area contributed by atoms with Crippen LogP contribution in [0.15, 0.2) is 18.3 Å². The third-order valence-corrected chi connectivity index (χ3v) is 2.88. The number of hydrogen-bond donors (Lipinski definition) is 2. The molecule has 0 saturated carbocycles. The van der Waals surface area contributed by atoms with E-state index in [-0.39, 0.29) is 18.1 Å². The van der Waals surface area contributed by atoms with Crippen molar-refractivity contribution in [2.24, 2.45) is 0 Å². The highest BCUT2D eigenvalue weighted by molar-refractivity contribution is 6.30. The molecule has 1 aromatic rings. The smallest absolute Gasteiger partial charge is 0.325 e. The molecule has 0 fully saturated rings. The zero-order chi connectivity index (χ0) is 18.1. The maximum atomic E-state index is 11.7. The normalized spacial score (nSPS) is 9.79. The van der Waals surface area contributed by atoms with E-state index in [1.54, 1.807) is 14.1 Å². The standard InChI is InChI=1S/C14H17ClN4O5/c1-19(2)12(21)6-17-11(20)8-24-13(22)7-18-14(23)10-5-9(15)3-4-16-10/h3-5H,6-8H2,1-2H3,(H,17,20)(H,18,23). The lowest BCUT2D eigenvalue weighted by Crippen LogP contribution is -2.39. The maximum absolute atomic E-state index is 11.7. The van der Waals surface area contributed by atoms with Gasteiger partial charge in [-0.25, -0.2) is 0 Å². The van der Waals surface area contributed by atoms with Crippen molar-refractivity contribution in [1.82, 2.24) is 20.5 Å². The fourth-order valence-corrected chi connectivity index (χ4v) is 1.51. The maximum Gasteiger partial charge on any atom is 0.325 e. The number of rotatable bonds is 7. The van der Waals surface area contributed by atoms with Crippen molar-refractivity contribution in [3.8, 4) is 0 Å². The van der Waals surface area contributed by atoms with Crippen LogP contribution in [-0.4, -0.2) is 67.4 Å². The van der Waals surface area contributed by atoms with Gasteiger partial charge in [-0.15, -0.1) is 0 Å². The number of hydrogen-bond acceptors (Lipinski definition) is 6. The van der Waals surface area contributed by atoms with Crippen LogP contribution in [0, 0.1) is 0 Å². The predicted molar refractivity (Wildman–Crippen MR) is 84.2 cm³/mol. The molecule has 1 heterocycles. The van der Waals surface area contributed by atoms with Gasteiger partial charge in [-0.3, -0.25) is 24.2 Å². The van der Waals surface area contributed by atoms with Crippen molar-refractivity contribution in [2.45, 2.75) is 0 Å². The lowest BCUT2D eigenvalue weighted by molar-refractivity contribution is -0.147. The van der Waals surface area contributed by atoms with Crippen molar-refractivity contribution in [3.63, 3.8) is 0 Å². The summed E-state index contributed by atoms with van der Waals surface area (Å²) in [4.78, 5) is 50.9. The summed E-state index contributed by atoms with van der Waals surface area (Å²) in [5, 5.41) is 4.92. The van der Waals surface area contributed by atoms with E-state index in [4.69, 9.17) is 11.6 Å². The third-order valence-electron chi connectivity index (χ3n) is 2.65. The number of aromatic nitrogens is 1. The summed E-state index contributed by atoms with van der Waals surface area (Å²) in [6.45, 7) is -1.18. The molecule has 0 aliphatic heterocycles. The SMILES string of the molecule is CN(C)C(=O)CNC(=O)COC(=O)CNC(=O)c1cc(Cl)ccn1. The van der Waals surface area contributed by atoms with E-state index >= 15 is 0 Å². The highest BCUT2D eigenvalue weighted by Gasteiger charge is 2.12. The lowest BCUT2D eigenvalue weighted by Gasteiger charge is -2.11. The molecule has 24 heavy (non-hydrogen) atoms. The van der Waals surface area contributed by atoms with Gasteiger partial charge in [0.25, 0.3) is 11.8 Å². The minimum atomic E-state index is -0.806. The van der Waals surface area contributed by atoms with Crippen molar-refractivity contribution >= 4 is 35.3 Å². The minimum Gasteiger partial charge on any atom is -0.454 e. The van der Waals surface area contributed by atoms with Crippen LogP contribution in [0.3, 0.4) is 0 Å².